The average molecular weight is 377 g/mol. The van der Waals surface area contributed by atoms with E-state index in [1.807, 2.05) is 19.2 Å². The highest BCUT2D eigenvalue weighted by Gasteiger charge is 2.27. The molecule has 2 aromatic rings. The SMILES string of the molecule is CCC(CC)NS(=O)(=O)c1ccc2c(c1)/C(=C\c1nccs1)C(=O)N2. The maximum absolute atomic E-state index is 12.6. The maximum atomic E-state index is 12.6. The molecular formula is C17H19N3O3S2. The van der Waals surface area contributed by atoms with E-state index >= 15 is 0 Å². The highest BCUT2D eigenvalue weighted by Crippen LogP contribution is 2.35. The minimum atomic E-state index is -3.64. The van der Waals surface area contributed by atoms with Gasteiger partial charge in [0.05, 0.1) is 10.5 Å². The van der Waals surface area contributed by atoms with Gasteiger partial charge in [0, 0.05) is 28.9 Å². The van der Waals surface area contributed by atoms with Crippen molar-refractivity contribution in [2.75, 3.05) is 5.32 Å². The zero-order valence-corrected chi connectivity index (χ0v) is 15.6. The second-order valence-electron chi connectivity index (χ2n) is 5.72. The lowest BCUT2D eigenvalue weighted by molar-refractivity contribution is -0.110. The third-order valence-electron chi connectivity index (χ3n) is 4.11. The molecule has 0 aliphatic carbocycles. The van der Waals surface area contributed by atoms with Gasteiger partial charge in [0.15, 0.2) is 0 Å². The molecule has 1 aromatic heterocycles. The molecule has 0 saturated carbocycles. The van der Waals surface area contributed by atoms with Crippen molar-refractivity contribution in [3.05, 3.63) is 40.3 Å². The van der Waals surface area contributed by atoms with Crippen LogP contribution >= 0.6 is 11.3 Å². The van der Waals surface area contributed by atoms with Gasteiger partial charge in [0.1, 0.15) is 5.01 Å². The zero-order chi connectivity index (χ0) is 18.0. The molecular weight excluding hydrogens is 358 g/mol. The van der Waals surface area contributed by atoms with E-state index in [0.717, 1.165) is 12.8 Å². The van der Waals surface area contributed by atoms with Crippen LogP contribution in [-0.4, -0.2) is 25.4 Å². The van der Waals surface area contributed by atoms with Crippen LogP contribution in [0.25, 0.3) is 11.6 Å². The van der Waals surface area contributed by atoms with E-state index in [0.29, 0.717) is 21.8 Å². The van der Waals surface area contributed by atoms with Gasteiger partial charge < -0.3 is 5.32 Å². The van der Waals surface area contributed by atoms with Crippen LogP contribution in [0.3, 0.4) is 0 Å². The number of benzene rings is 1. The van der Waals surface area contributed by atoms with Gasteiger partial charge in [-0.25, -0.2) is 18.1 Å². The van der Waals surface area contributed by atoms with E-state index in [-0.39, 0.29) is 16.8 Å². The van der Waals surface area contributed by atoms with Crippen LogP contribution in [0.5, 0.6) is 0 Å². The summed E-state index contributed by atoms with van der Waals surface area (Å²) in [6.07, 6.45) is 4.77. The summed E-state index contributed by atoms with van der Waals surface area (Å²) < 4.78 is 27.9. The lowest BCUT2D eigenvalue weighted by Crippen LogP contribution is -2.33. The Balaban J connectivity index is 2.00. The van der Waals surface area contributed by atoms with Crippen molar-refractivity contribution in [1.29, 1.82) is 0 Å². The molecule has 3 rings (SSSR count). The summed E-state index contributed by atoms with van der Waals surface area (Å²) in [6, 6.07) is 4.56. The summed E-state index contributed by atoms with van der Waals surface area (Å²) in [6.45, 7) is 3.88. The van der Waals surface area contributed by atoms with E-state index in [9.17, 15) is 13.2 Å². The zero-order valence-electron chi connectivity index (χ0n) is 13.9. The van der Waals surface area contributed by atoms with Crippen LogP contribution in [-0.2, 0) is 14.8 Å². The highest BCUT2D eigenvalue weighted by molar-refractivity contribution is 7.89. The van der Waals surface area contributed by atoms with Crippen LogP contribution in [0.2, 0.25) is 0 Å². The summed E-state index contributed by atoms with van der Waals surface area (Å²) in [5.74, 6) is -0.257. The van der Waals surface area contributed by atoms with Crippen LogP contribution in [0, 0.1) is 0 Å². The fraction of sp³-hybridized carbons (Fsp3) is 0.294. The Bertz CT molecular complexity index is 915. The van der Waals surface area contributed by atoms with E-state index < -0.39 is 10.0 Å². The molecule has 0 saturated heterocycles. The Hall–Kier alpha value is -2.03. The first-order valence-corrected chi connectivity index (χ1v) is 10.4. The van der Waals surface area contributed by atoms with E-state index in [4.69, 9.17) is 0 Å². The standard InChI is InChI=1S/C17H19N3O3S2/c1-3-11(4-2)20-25(22,23)12-5-6-15-13(9-12)14(17(21)19-15)10-16-18-7-8-24-16/h5-11,20H,3-4H2,1-2H3,(H,19,21)/b14-10+. The third-order valence-corrected chi connectivity index (χ3v) is 6.35. The number of fused-ring (bicyclic) bond motifs is 1. The Morgan fingerprint density at radius 1 is 1.32 bits per heavy atom. The quantitative estimate of drug-likeness (QED) is 0.757. The van der Waals surface area contributed by atoms with Gasteiger partial charge in [-0.05, 0) is 37.1 Å². The van der Waals surface area contributed by atoms with Crippen molar-refractivity contribution >= 4 is 44.6 Å². The molecule has 0 spiro atoms. The van der Waals surface area contributed by atoms with Crippen molar-refractivity contribution < 1.29 is 13.2 Å². The second kappa shape index (κ2) is 7.07. The molecule has 2 heterocycles. The maximum Gasteiger partial charge on any atom is 0.256 e. The largest absolute Gasteiger partial charge is 0.321 e. The summed E-state index contributed by atoms with van der Waals surface area (Å²) in [5.41, 5.74) is 1.60. The van der Waals surface area contributed by atoms with Crippen LogP contribution in [0.15, 0.2) is 34.7 Å². The molecule has 2 N–H and O–H groups in total. The number of sulfonamides is 1. The molecule has 1 amide bonds. The van der Waals surface area contributed by atoms with Crippen LogP contribution in [0.1, 0.15) is 37.3 Å². The van der Waals surface area contributed by atoms with E-state index in [1.165, 1.54) is 23.5 Å². The number of hydrogen-bond acceptors (Lipinski definition) is 5. The summed E-state index contributed by atoms with van der Waals surface area (Å²) in [5, 5.41) is 5.27. The molecule has 1 aliphatic rings. The van der Waals surface area contributed by atoms with Gasteiger partial charge in [-0.3, -0.25) is 4.79 Å². The predicted octanol–water partition coefficient (Wildman–Crippen LogP) is 3.10. The Morgan fingerprint density at radius 2 is 2.08 bits per heavy atom. The fourth-order valence-corrected chi connectivity index (χ4v) is 4.65. The van der Waals surface area contributed by atoms with E-state index in [2.05, 4.69) is 15.0 Å². The summed E-state index contributed by atoms with van der Waals surface area (Å²) in [4.78, 5) is 16.5. The minimum Gasteiger partial charge on any atom is -0.321 e. The summed E-state index contributed by atoms with van der Waals surface area (Å²) in [7, 11) is -3.64. The molecule has 0 unspecified atom stereocenters. The van der Waals surface area contributed by atoms with Gasteiger partial charge in [0.2, 0.25) is 10.0 Å². The number of anilines is 1. The Kier molecular flexibility index (Phi) is 5.03. The number of thiazole rings is 1. The molecule has 25 heavy (non-hydrogen) atoms. The van der Waals surface area contributed by atoms with Gasteiger partial charge >= 0.3 is 0 Å². The van der Waals surface area contributed by atoms with Gasteiger partial charge in [0.25, 0.3) is 5.91 Å². The van der Waals surface area contributed by atoms with Crippen molar-refractivity contribution in [3.63, 3.8) is 0 Å². The van der Waals surface area contributed by atoms with Crippen molar-refractivity contribution in [1.82, 2.24) is 9.71 Å². The Morgan fingerprint density at radius 3 is 2.72 bits per heavy atom. The van der Waals surface area contributed by atoms with Crippen molar-refractivity contribution in [2.24, 2.45) is 0 Å². The molecule has 0 bridgehead atoms. The molecule has 1 aliphatic heterocycles. The number of amides is 1. The molecule has 0 radical (unpaired) electrons. The highest BCUT2D eigenvalue weighted by atomic mass is 32.2. The van der Waals surface area contributed by atoms with Crippen LogP contribution < -0.4 is 10.0 Å². The van der Waals surface area contributed by atoms with E-state index in [1.54, 1.807) is 18.3 Å². The lowest BCUT2D eigenvalue weighted by atomic mass is 10.1. The van der Waals surface area contributed by atoms with Gasteiger partial charge in [-0.2, -0.15) is 0 Å². The molecule has 6 nitrogen and oxygen atoms in total. The molecule has 0 atom stereocenters. The molecule has 0 fully saturated rings. The molecule has 1 aromatic carbocycles. The van der Waals surface area contributed by atoms with Crippen molar-refractivity contribution in [3.8, 4) is 0 Å². The minimum absolute atomic E-state index is 0.108. The normalized spacial score (nSPS) is 15.6. The Labute approximate surface area is 151 Å². The third kappa shape index (κ3) is 3.65. The second-order valence-corrected chi connectivity index (χ2v) is 8.36. The number of carbonyl (C=O) groups excluding carboxylic acids is 1. The average Bonchev–Trinajstić information content (AvgIpc) is 3.21. The number of aromatic nitrogens is 1. The number of nitrogens with one attached hydrogen (secondary N) is 2. The monoisotopic (exact) mass is 377 g/mol. The number of nitrogens with zero attached hydrogens (tertiary/aromatic N) is 1. The first-order valence-electron chi connectivity index (χ1n) is 8.04. The van der Waals surface area contributed by atoms with Gasteiger partial charge in [-0.1, -0.05) is 13.8 Å². The number of hydrogen-bond donors (Lipinski definition) is 2. The topological polar surface area (TPSA) is 88.2 Å². The first kappa shape index (κ1) is 17.8. The fourth-order valence-electron chi connectivity index (χ4n) is 2.65. The molecule has 8 heteroatoms. The summed E-state index contributed by atoms with van der Waals surface area (Å²) >= 11 is 1.41. The first-order chi connectivity index (χ1) is 11.9. The van der Waals surface area contributed by atoms with Crippen molar-refractivity contribution in [2.45, 2.75) is 37.6 Å². The van der Waals surface area contributed by atoms with Crippen LogP contribution in [0.4, 0.5) is 5.69 Å². The molecule has 132 valence electrons. The number of carbonyl (C=O) groups is 1. The lowest BCUT2D eigenvalue weighted by Gasteiger charge is -2.15. The van der Waals surface area contributed by atoms with Gasteiger partial charge in [-0.15, -0.1) is 11.3 Å². The number of rotatable bonds is 6. The smallest absolute Gasteiger partial charge is 0.256 e. The predicted molar refractivity (Wildman–Crippen MR) is 99.7 cm³/mol.